The molecule has 0 saturated carbocycles. The van der Waals surface area contributed by atoms with E-state index in [1.165, 1.54) is 5.57 Å². The Balaban J connectivity index is 2.07. The van der Waals surface area contributed by atoms with Crippen molar-refractivity contribution in [3.8, 4) is 28.7 Å². The van der Waals surface area contributed by atoms with Crippen LogP contribution in [0.1, 0.15) is 80.3 Å². The van der Waals surface area contributed by atoms with E-state index in [9.17, 15) is 25.2 Å². The van der Waals surface area contributed by atoms with Crippen LogP contribution in [-0.2, 0) is 6.42 Å². The number of allylic oxidation sites excluding steroid dienone is 3. The zero-order valence-corrected chi connectivity index (χ0v) is 20.1. The summed E-state index contributed by atoms with van der Waals surface area (Å²) in [7, 11) is 0. The Morgan fingerprint density at radius 3 is 2.35 bits per heavy atom. The van der Waals surface area contributed by atoms with Crippen LogP contribution in [0.2, 0.25) is 0 Å². The first-order valence-electron chi connectivity index (χ1n) is 11.8. The number of rotatable bonds is 8. The Labute approximate surface area is 200 Å². The normalized spacial score (nSPS) is 17.8. The lowest BCUT2D eigenvalue weighted by Crippen LogP contribution is -2.19. The zero-order valence-electron chi connectivity index (χ0n) is 20.1. The molecule has 0 radical (unpaired) electrons. The van der Waals surface area contributed by atoms with Crippen LogP contribution in [0.3, 0.4) is 0 Å². The van der Waals surface area contributed by atoms with E-state index < -0.39 is 23.2 Å². The first-order chi connectivity index (χ1) is 16.1. The van der Waals surface area contributed by atoms with Gasteiger partial charge in [-0.25, -0.2) is 4.79 Å². The second-order valence-corrected chi connectivity index (χ2v) is 9.27. The molecule has 0 amide bonds. The Morgan fingerprint density at radius 1 is 1.06 bits per heavy atom. The molecule has 0 fully saturated rings. The van der Waals surface area contributed by atoms with Crippen molar-refractivity contribution < 1.29 is 30.0 Å². The Bertz CT molecular complexity index is 1090. The van der Waals surface area contributed by atoms with Crippen LogP contribution in [0.25, 0.3) is 0 Å². The summed E-state index contributed by atoms with van der Waals surface area (Å²) in [4.78, 5) is 13.0. The van der Waals surface area contributed by atoms with Crippen molar-refractivity contribution in [2.45, 2.75) is 65.2 Å². The summed E-state index contributed by atoms with van der Waals surface area (Å²) in [5.41, 5.74) is 3.44. The number of carbonyl (C=O) groups excluding carboxylic acids is 1. The predicted molar refractivity (Wildman–Crippen MR) is 132 cm³/mol. The molecule has 1 aliphatic carbocycles. The van der Waals surface area contributed by atoms with Crippen molar-refractivity contribution in [2.75, 3.05) is 0 Å². The number of phenols is 4. The molecule has 2 aromatic carbocycles. The third-order valence-corrected chi connectivity index (χ3v) is 6.47. The summed E-state index contributed by atoms with van der Waals surface area (Å²) >= 11 is 0. The number of esters is 1. The summed E-state index contributed by atoms with van der Waals surface area (Å²) < 4.78 is 5.76. The quantitative estimate of drug-likeness (QED) is 0.117. The molecular formula is C28H34O6. The minimum atomic E-state index is -0.819. The molecule has 0 aromatic heterocycles. The van der Waals surface area contributed by atoms with E-state index in [4.69, 9.17) is 4.74 Å². The highest BCUT2D eigenvalue weighted by molar-refractivity contribution is 5.93. The fraction of sp³-hybridized carbons (Fsp3) is 0.393. The summed E-state index contributed by atoms with van der Waals surface area (Å²) in [6.45, 7) is 10.3. The van der Waals surface area contributed by atoms with E-state index in [-0.39, 0.29) is 28.9 Å². The fourth-order valence-electron chi connectivity index (χ4n) is 4.60. The van der Waals surface area contributed by atoms with Crippen LogP contribution in [0, 0.1) is 5.92 Å². The average molecular weight is 467 g/mol. The lowest BCUT2D eigenvalue weighted by molar-refractivity contribution is 0.0731. The molecule has 3 rings (SSSR count). The zero-order chi connectivity index (χ0) is 25.0. The molecular weight excluding hydrogens is 432 g/mol. The first kappa shape index (κ1) is 25.2. The topological polar surface area (TPSA) is 107 Å². The van der Waals surface area contributed by atoms with Crippen molar-refractivity contribution in [3.63, 3.8) is 0 Å². The number of benzene rings is 2. The molecule has 2 aromatic rings. The molecule has 0 unspecified atom stereocenters. The number of aryl methyl sites for hydroxylation is 1. The number of unbranched alkanes of at least 4 members (excludes halogenated alkanes) is 2. The molecule has 1 aliphatic rings. The van der Waals surface area contributed by atoms with Gasteiger partial charge in [0.2, 0.25) is 0 Å². The Morgan fingerprint density at radius 2 is 1.74 bits per heavy atom. The number of carbonyl (C=O) groups is 1. The summed E-state index contributed by atoms with van der Waals surface area (Å²) in [5, 5.41) is 40.3. The number of hydrogen-bond acceptors (Lipinski definition) is 6. The molecule has 0 bridgehead atoms. The van der Waals surface area contributed by atoms with Crippen LogP contribution in [-0.4, -0.2) is 26.4 Å². The second kappa shape index (κ2) is 10.7. The number of aromatic hydroxyl groups is 4. The van der Waals surface area contributed by atoms with E-state index in [0.717, 1.165) is 61.8 Å². The maximum atomic E-state index is 13.0. The maximum Gasteiger partial charge on any atom is 0.343 e. The number of hydrogen-bond donors (Lipinski definition) is 4. The summed E-state index contributed by atoms with van der Waals surface area (Å²) in [6.07, 6.45) is 7.70. The highest BCUT2D eigenvalue weighted by Crippen LogP contribution is 2.47. The standard InChI is InChI=1S/C28H34O6/c1-5-6-7-8-18-12-22(29)26(21-11-17(4)9-10-20(21)16(2)3)25(13-18)34-28(33)19-14-23(30)27(32)24(31)15-19/h11-15,20-21,29-32H,2,5-10H2,1,3-4H3/t20-,21+/m0/s1. The highest BCUT2D eigenvalue weighted by atomic mass is 16.5. The van der Waals surface area contributed by atoms with Crippen LogP contribution in [0.5, 0.6) is 28.7 Å². The van der Waals surface area contributed by atoms with Gasteiger partial charge in [0.1, 0.15) is 11.5 Å². The number of phenolic OH excluding ortho intramolecular Hbond substituents is 4. The monoisotopic (exact) mass is 466 g/mol. The van der Waals surface area contributed by atoms with E-state index in [1.807, 2.05) is 13.8 Å². The van der Waals surface area contributed by atoms with Crippen molar-refractivity contribution in [3.05, 3.63) is 64.8 Å². The Hall–Kier alpha value is -3.41. The van der Waals surface area contributed by atoms with Gasteiger partial charge in [0, 0.05) is 11.5 Å². The van der Waals surface area contributed by atoms with Gasteiger partial charge in [-0.2, -0.15) is 0 Å². The summed E-state index contributed by atoms with van der Waals surface area (Å²) in [6, 6.07) is 5.59. The van der Waals surface area contributed by atoms with Gasteiger partial charge in [-0.15, -0.1) is 0 Å². The molecule has 0 heterocycles. The van der Waals surface area contributed by atoms with E-state index in [1.54, 1.807) is 12.1 Å². The third kappa shape index (κ3) is 5.56. The minimum Gasteiger partial charge on any atom is -0.507 e. The molecule has 0 aliphatic heterocycles. The SMILES string of the molecule is C=C(C)[C@@H]1CCC(C)=C[C@H]1c1c(O)cc(CCCCC)cc1OC(=O)c1cc(O)c(O)c(O)c1. The Kier molecular flexibility index (Phi) is 7.92. The fourth-order valence-corrected chi connectivity index (χ4v) is 4.60. The largest absolute Gasteiger partial charge is 0.507 e. The van der Waals surface area contributed by atoms with Gasteiger partial charge in [-0.1, -0.05) is 43.6 Å². The van der Waals surface area contributed by atoms with Crippen LogP contribution < -0.4 is 4.74 Å². The van der Waals surface area contributed by atoms with Gasteiger partial charge in [0.15, 0.2) is 17.2 Å². The molecule has 0 saturated heterocycles. The lowest BCUT2D eigenvalue weighted by Gasteiger charge is -2.32. The average Bonchev–Trinajstić information content (AvgIpc) is 2.76. The first-order valence-corrected chi connectivity index (χ1v) is 11.8. The summed E-state index contributed by atoms with van der Waals surface area (Å²) in [5.74, 6) is -2.60. The molecule has 4 N–H and O–H groups in total. The predicted octanol–water partition coefficient (Wildman–Crippen LogP) is 6.48. The van der Waals surface area contributed by atoms with E-state index >= 15 is 0 Å². The molecule has 2 atom stereocenters. The van der Waals surface area contributed by atoms with Gasteiger partial charge in [0.05, 0.1) is 5.56 Å². The molecule has 6 heteroatoms. The lowest BCUT2D eigenvalue weighted by atomic mass is 9.73. The molecule has 6 nitrogen and oxygen atoms in total. The molecule has 0 spiro atoms. The number of ether oxygens (including phenoxy) is 1. The van der Waals surface area contributed by atoms with Crippen LogP contribution in [0.15, 0.2) is 48.1 Å². The van der Waals surface area contributed by atoms with Crippen molar-refractivity contribution in [1.29, 1.82) is 0 Å². The van der Waals surface area contributed by atoms with Crippen molar-refractivity contribution in [1.82, 2.24) is 0 Å². The highest BCUT2D eigenvalue weighted by Gasteiger charge is 2.31. The van der Waals surface area contributed by atoms with Gasteiger partial charge in [0.25, 0.3) is 0 Å². The van der Waals surface area contributed by atoms with Crippen LogP contribution >= 0.6 is 0 Å². The third-order valence-electron chi connectivity index (χ3n) is 6.47. The molecule has 34 heavy (non-hydrogen) atoms. The smallest absolute Gasteiger partial charge is 0.343 e. The van der Waals surface area contributed by atoms with Gasteiger partial charge >= 0.3 is 5.97 Å². The maximum absolute atomic E-state index is 13.0. The minimum absolute atomic E-state index is 0.0652. The van der Waals surface area contributed by atoms with Gasteiger partial charge < -0.3 is 25.2 Å². The van der Waals surface area contributed by atoms with Crippen molar-refractivity contribution in [2.24, 2.45) is 5.92 Å². The van der Waals surface area contributed by atoms with E-state index in [0.29, 0.717) is 5.56 Å². The van der Waals surface area contributed by atoms with Gasteiger partial charge in [-0.05, 0) is 75.3 Å². The van der Waals surface area contributed by atoms with E-state index in [2.05, 4.69) is 19.6 Å². The van der Waals surface area contributed by atoms with Crippen molar-refractivity contribution >= 4 is 5.97 Å². The second-order valence-electron chi connectivity index (χ2n) is 9.27. The molecule has 182 valence electrons. The van der Waals surface area contributed by atoms with Crippen LogP contribution in [0.4, 0.5) is 0 Å². The van der Waals surface area contributed by atoms with Gasteiger partial charge in [-0.3, -0.25) is 0 Å².